The zero-order valence-electron chi connectivity index (χ0n) is 10.3. The predicted molar refractivity (Wildman–Crippen MR) is 81.6 cm³/mol. The number of thioether (sulfide) groups is 1. The molecule has 0 amide bonds. The summed E-state index contributed by atoms with van der Waals surface area (Å²) in [4.78, 5) is 1.07. The average molecular weight is 279 g/mol. The summed E-state index contributed by atoms with van der Waals surface area (Å²) in [5.74, 6) is 0.637. The van der Waals surface area contributed by atoms with Gasteiger partial charge in [0.25, 0.3) is 0 Å². The molecule has 0 aliphatic carbocycles. The number of aromatic nitrogens is 1. The van der Waals surface area contributed by atoms with Crippen LogP contribution in [0.2, 0.25) is 0 Å². The van der Waals surface area contributed by atoms with Gasteiger partial charge in [-0.05, 0) is 36.2 Å². The SMILES string of the molecule is CSc1c(N)nsc1NCCCc1ccccc1. The molecule has 1 aromatic carbocycles. The molecule has 0 aliphatic heterocycles. The molecule has 96 valence electrons. The van der Waals surface area contributed by atoms with Crippen LogP contribution in [0.25, 0.3) is 0 Å². The lowest BCUT2D eigenvalue weighted by Crippen LogP contribution is -2.02. The van der Waals surface area contributed by atoms with Crippen LogP contribution in [0.1, 0.15) is 12.0 Å². The molecule has 0 saturated heterocycles. The summed E-state index contributed by atoms with van der Waals surface area (Å²) < 4.78 is 4.16. The first-order chi connectivity index (χ1) is 8.81. The Balaban J connectivity index is 1.78. The molecule has 0 aliphatic rings. The topological polar surface area (TPSA) is 50.9 Å². The lowest BCUT2D eigenvalue weighted by Gasteiger charge is -2.05. The van der Waals surface area contributed by atoms with Crippen molar-refractivity contribution in [1.82, 2.24) is 4.37 Å². The van der Waals surface area contributed by atoms with Crippen LogP contribution in [0.4, 0.5) is 10.8 Å². The van der Waals surface area contributed by atoms with Gasteiger partial charge in [0.15, 0.2) is 5.82 Å². The van der Waals surface area contributed by atoms with Gasteiger partial charge in [-0.2, -0.15) is 4.37 Å². The van der Waals surface area contributed by atoms with Crippen molar-refractivity contribution in [3.05, 3.63) is 35.9 Å². The maximum Gasteiger partial charge on any atom is 0.153 e. The van der Waals surface area contributed by atoms with Gasteiger partial charge in [-0.25, -0.2) is 0 Å². The number of nitrogens with two attached hydrogens (primary N) is 1. The van der Waals surface area contributed by atoms with Crippen molar-refractivity contribution in [2.24, 2.45) is 0 Å². The second-order valence-electron chi connectivity index (χ2n) is 3.95. The number of benzene rings is 1. The molecule has 0 unspecified atom stereocenters. The Morgan fingerprint density at radius 3 is 2.83 bits per heavy atom. The van der Waals surface area contributed by atoms with Gasteiger partial charge in [0.05, 0.1) is 4.90 Å². The third-order valence-corrected chi connectivity index (χ3v) is 4.42. The first-order valence-electron chi connectivity index (χ1n) is 5.88. The van der Waals surface area contributed by atoms with E-state index in [1.165, 1.54) is 17.1 Å². The monoisotopic (exact) mass is 279 g/mol. The highest BCUT2D eigenvalue weighted by atomic mass is 32.2. The van der Waals surface area contributed by atoms with E-state index in [-0.39, 0.29) is 0 Å². The molecule has 1 aromatic heterocycles. The van der Waals surface area contributed by atoms with Crippen LogP contribution >= 0.6 is 23.3 Å². The maximum absolute atomic E-state index is 5.79. The van der Waals surface area contributed by atoms with E-state index in [0.717, 1.165) is 29.3 Å². The molecule has 0 bridgehead atoms. The summed E-state index contributed by atoms with van der Waals surface area (Å²) in [6.45, 7) is 0.948. The number of nitrogens with zero attached hydrogens (tertiary/aromatic N) is 1. The highest BCUT2D eigenvalue weighted by Gasteiger charge is 2.09. The number of hydrogen-bond acceptors (Lipinski definition) is 5. The molecular weight excluding hydrogens is 262 g/mol. The largest absolute Gasteiger partial charge is 0.382 e. The molecule has 3 nitrogen and oxygen atoms in total. The van der Waals surface area contributed by atoms with Crippen LogP contribution in [0.5, 0.6) is 0 Å². The van der Waals surface area contributed by atoms with E-state index in [2.05, 4.69) is 34.0 Å². The van der Waals surface area contributed by atoms with Gasteiger partial charge in [0, 0.05) is 6.54 Å². The Morgan fingerprint density at radius 1 is 1.33 bits per heavy atom. The van der Waals surface area contributed by atoms with Crippen LogP contribution in [-0.4, -0.2) is 17.2 Å². The van der Waals surface area contributed by atoms with Gasteiger partial charge in [0.1, 0.15) is 5.00 Å². The molecule has 1 heterocycles. The fraction of sp³-hybridized carbons (Fsp3) is 0.308. The molecule has 0 fully saturated rings. The first kappa shape index (κ1) is 13.2. The van der Waals surface area contributed by atoms with E-state index < -0.39 is 0 Å². The molecule has 3 N–H and O–H groups in total. The summed E-state index contributed by atoms with van der Waals surface area (Å²) in [5, 5.41) is 4.50. The average Bonchev–Trinajstić information content (AvgIpc) is 2.76. The van der Waals surface area contributed by atoms with Crippen LogP contribution < -0.4 is 11.1 Å². The molecule has 18 heavy (non-hydrogen) atoms. The minimum absolute atomic E-state index is 0.637. The lowest BCUT2D eigenvalue weighted by molar-refractivity contribution is 0.863. The van der Waals surface area contributed by atoms with Crippen LogP contribution in [-0.2, 0) is 6.42 Å². The van der Waals surface area contributed by atoms with Crippen LogP contribution in [0, 0.1) is 0 Å². The summed E-state index contributed by atoms with van der Waals surface area (Å²) in [7, 11) is 0. The van der Waals surface area contributed by atoms with E-state index in [0.29, 0.717) is 5.82 Å². The quantitative estimate of drug-likeness (QED) is 0.628. The molecule has 0 spiro atoms. The Labute approximate surface area is 116 Å². The van der Waals surface area contributed by atoms with Crippen LogP contribution in [0.15, 0.2) is 35.2 Å². The molecule has 0 saturated carbocycles. The van der Waals surface area contributed by atoms with Gasteiger partial charge in [-0.15, -0.1) is 11.8 Å². The van der Waals surface area contributed by atoms with E-state index in [1.54, 1.807) is 11.8 Å². The van der Waals surface area contributed by atoms with E-state index >= 15 is 0 Å². The number of rotatable bonds is 6. The zero-order chi connectivity index (χ0) is 12.8. The first-order valence-corrected chi connectivity index (χ1v) is 7.88. The second kappa shape index (κ2) is 6.66. The van der Waals surface area contributed by atoms with Gasteiger partial charge in [-0.1, -0.05) is 30.3 Å². The van der Waals surface area contributed by atoms with Gasteiger partial charge < -0.3 is 11.1 Å². The highest BCUT2D eigenvalue weighted by molar-refractivity contribution is 7.99. The maximum atomic E-state index is 5.79. The molecule has 2 aromatic rings. The standard InChI is InChI=1S/C13H17N3S2/c1-17-11-12(14)16-18-13(11)15-9-5-8-10-6-3-2-4-7-10/h2-4,6-7,15H,5,8-9H2,1H3,(H2,14,16). The highest BCUT2D eigenvalue weighted by Crippen LogP contribution is 2.34. The van der Waals surface area contributed by atoms with E-state index in [1.807, 2.05) is 12.3 Å². The number of aryl methyl sites for hydroxylation is 1. The van der Waals surface area contributed by atoms with Crippen molar-refractivity contribution in [1.29, 1.82) is 0 Å². The van der Waals surface area contributed by atoms with Crippen molar-refractivity contribution < 1.29 is 0 Å². The van der Waals surface area contributed by atoms with Gasteiger partial charge in [0.2, 0.25) is 0 Å². The summed E-state index contributed by atoms with van der Waals surface area (Å²) in [5.41, 5.74) is 7.17. The molecular formula is C13H17N3S2. The summed E-state index contributed by atoms with van der Waals surface area (Å²) in [6.07, 6.45) is 4.22. The Bertz CT molecular complexity index is 482. The third kappa shape index (κ3) is 3.40. The minimum Gasteiger partial charge on any atom is -0.382 e. The van der Waals surface area contributed by atoms with Gasteiger partial charge in [-0.3, -0.25) is 0 Å². The number of anilines is 2. The fourth-order valence-corrected chi connectivity index (χ4v) is 3.31. The Hall–Kier alpha value is -1.20. The second-order valence-corrected chi connectivity index (χ2v) is 5.54. The summed E-state index contributed by atoms with van der Waals surface area (Å²) >= 11 is 3.08. The number of hydrogen-bond donors (Lipinski definition) is 2. The summed E-state index contributed by atoms with van der Waals surface area (Å²) in [6, 6.07) is 10.5. The smallest absolute Gasteiger partial charge is 0.153 e. The van der Waals surface area contributed by atoms with Crippen LogP contribution in [0.3, 0.4) is 0 Å². The van der Waals surface area contributed by atoms with Gasteiger partial charge >= 0.3 is 0 Å². The van der Waals surface area contributed by atoms with Crippen molar-refractivity contribution in [2.75, 3.05) is 23.9 Å². The van der Waals surface area contributed by atoms with Crippen molar-refractivity contribution in [3.63, 3.8) is 0 Å². The van der Waals surface area contributed by atoms with Crippen molar-refractivity contribution in [2.45, 2.75) is 17.7 Å². The Morgan fingerprint density at radius 2 is 2.11 bits per heavy atom. The molecule has 0 radical (unpaired) electrons. The predicted octanol–water partition coefficient (Wildman–Crippen LogP) is 3.49. The fourth-order valence-electron chi connectivity index (χ4n) is 1.74. The number of nitrogen functional groups attached to an aromatic ring is 1. The molecule has 5 heteroatoms. The zero-order valence-corrected chi connectivity index (χ0v) is 12.0. The third-order valence-electron chi connectivity index (χ3n) is 2.65. The van der Waals surface area contributed by atoms with Crippen molar-refractivity contribution >= 4 is 34.1 Å². The number of nitrogens with one attached hydrogen (secondary N) is 1. The minimum atomic E-state index is 0.637. The lowest BCUT2D eigenvalue weighted by atomic mass is 10.1. The molecule has 2 rings (SSSR count). The van der Waals surface area contributed by atoms with E-state index in [4.69, 9.17) is 5.73 Å². The van der Waals surface area contributed by atoms with Crippen molar-refractivity contribution in [3.8, 4) is 0 Å². The molecule has 0 atom stereocenters. The van der Waals surface area contributed by atoms with E-state index in [9.17, 15) is 0 Å². The Kier molecular flexibility index (Phi) is 4.90. The normalized spacial score (nSPS) is 10.5.